The average molecular weight is 283 g/mol. The minimum Gasteiger partial charge on any atom is -0.386 e. The SMILES string of the molecule is C=C1C(C)OC(CN(C)I)[C@H]1O. The van der Waals surface area contributed by atoms with Crippen molar-refractivity contribution in [1.82, 2.24) is 3.11 Å². The van der Waals surface area contributed by atoms with Crippen LogP contribution in [0.4, 0.5) is 0 Å². The molecule has 3 nitrogen and oxygen atoms in total. The summed E-state index contributed by atoms with van der Waals surface area (Å²) in [5.41, 5.74) is 0.790. The Hall–Kier alpha value is 0.350. The third kappa shape index (κ3) is 2.18. The number of aliphatic hydroxyl groups is 1. The standard InChI is InChI=1S/C8H14INO2/c1-5-6(2)12-7(8(5)11)4-10(3)9/h6-8,11H,1,4H2,2-3H3/t6?,7?,8-/m0/s1. The van der Waals surface area contributed by atoms with E-state index < -0.39 is 6.10 Å². The van der Waals surface area contributed by atoms with Gasteiger partial charge in [-0.3, -0.25) is 0 Å². The van der Waals surface area contributed by atoms with Gasteiger partial charge in [-0.15, -0.1) is 0 Å². The first-order chi connectivity index (χ1) is 5.52. The molecule has 1 aliphatic heterocycles. The molecule has 70 valence electrons. The molecule has 1 heterocycles. The molecular formula is C8H14INO2. The van der Waals surface area contributed by atoms with Gasteiger partial charge in [0.2, 0.25) is 0 Å². The third-order valence-corrected chi connectivity index (χ3v) is 2.46. The Morgan fingerprint density at radius 1 is 1.75 bits per heavy atom. The summed E-state index contributed by atoms with van der Waals surface area (Å²) < 4.78 is 7.47. The molecule has 4 heteroatoms. The molecule has 1 rings (SSSR count). The van der Waals surface area contributed by atoms with E-state index in [4.69, 9.17) is 4.74 Å². The largest absolute Gasteiger partial charge is 0.386 e. The van der Waals surface area contributed by atoms with E-state index in [1.54, 1.807) is 0 Å². The Balaban J connectivity index is 2.53. The predicted molar refractivity (Wildman–Crippen MR) is 56.1 cm³/mol. The van der Waals surface area contributed by atoms with Gasteiger partial charge in [-0.05, 0) is 19.5 Å². The van der Waals surface area contributed by atoms with E-state index in [9.17, 15) is 5.11 Å². The van der Waals surface area contributed by atoms with Crippen LogP contribution in [0.1, 0.15) is 6.92 Å². The van der Waals surface area contributed by atoms with Crippen LogP contribution in [0.15, 0.2) is 12.2 Å². The first-order valence-electron chi connectivity index (χ1n) is 3.91. The molecule has 0 aliphatic carbocycles. The van der Waals surface area contributed by atoms with Crippen LogP contribution in [0.25, 0.3) is 0 Å². The molecule has 2 unspecified atom stereocenters. The van der Waals surface area contributed by atoms with Crippen LogP contribution in [0, 0.1) is 0 Å². The van der Waals surface area contributed by atoms with Gasteiger partial charge in [-0.2, -0.15) is 0 Å². The van der Waals surface area contributed by atoms with Gasteiger partial charge in [-0.25, -0.2) is 3.11 Å². The number of nitrogens with zero attached hydrogens (tertiary/aromatic N) is 1. The summed E-state index contributed by atoms with van der Waals surface area (Å²) in [7, 11) is 1.95. The summed E-state index contributed by atoms with van der Waals surface area (Å²) in [5.74, 6) is 0. The molecule has 0 radical (unpaired) electrons. The first kappa shape index (κ1) is 10.4. The highest BCUT2D eigenvalue weighted by Crippen LogP contribution is 2.25. The third-order valence-electron chi connectivity index (χ3n) is 2.06. The van der Waals surface area contributed by atoms with Gasteiger partial charge in [0.25, 0.3) is 0 Å². The second-order valence-corrected chi connectivity index (χ2v) is 4.77. The van der Waals surface area contributed by atoms with E-state index in [0.717, 1.165) is 12.1 Å². The van der Waals surface area contributed by atoms with Crippen LogP contribution >= 0.6 is 22.9 Å². The number of rotatable bonds is 2. The smallest absolute Gasteiger partial charge is 0.105 e. The van der Waals surface area contributed by atoms with Crippen LogP contribution in [-0.2, 0) is 4.74 Å². The number of hydrogen-bond acceptors (Lipinski definition) is 3. The highest BCUT2D eigenvalue weighted by atomic mass is 127. The van der Waals surface area contributed by atoms with Gasteiger partial charge >= 0.3 is 0 Å². The molecular weight excluding hydrogens is 269 g/mol. The summed E-state index contributed by atoms with van der Waals surface area (Å²) >= 11 is 2.17. The maximum atomic E-state index is 9.62. The topological polar surface area (TPSA) is 32.7 Å². The summed E-state index contributed by atoms with van der Waals surface area (Å²) in [6, 6.07) is 0. The average Bonchev–Trinajstić information content (AvgIpc) is 2.17. The minimum absolute atomic E-state index is 0.0126. The number of likely N-dealkylation sites (N-methyl/N-ethyl adjacent to an activating group) is 1. The molecule has 1 aliphatic rings. The van der Waals surface area contributed by atoms with Crippen LogP contribution in [0.3, 0.4) is 0 Å². The highest BCUT2D eigenvalue weighted by Gasteiger charge is 2.35. The summed E-state index contributed by atoms with van der Waals surface area (Å²) in [5, 5.41) is 9.62. The number of ether oxygens (including phenoxy) is 1. The number of hydrogen-bond donors (Lipinski definition) is 1. The maximum Gasteiger partial charge on any atom is 0.105 e. The first-order valence-corrected chi connectivity index (χ1v) is 4.88. The van der Waals surface area contributed by atoms with Crippen LogP contribution in [0.5, 0.6) is 0 Å². The Labute approximate surface area is 86.9 Å². The van der Waals surface area contributed by atoms with Crippen molar-refractivity contribution in [2.75, 3.05) is 13.6 Å². The highest BCUT2D eigenvalue weighted by molar-refractivity contribution is 14.1. The summed E-state index contributed by atoms with van der Waals surface area (Å²) in [4.78, 5) is 0. The fraction of sp³-hybridized carbons (Fsp3) is 0.750. The Morgan fingerprint density at radius 2 is 2.33 bits per heavy atom. The molecule has 1 saturated heterocycles. The van der Waals surface area contributed by atoms with Crippen molar-refractivity contribution in [3.8, 4) is 0 Å². The van der Waals surface area contributed by atoms with E-state index in [0.29, 0.717) is 0 Å². The zero-order valence-electron chi connectivity index (χ0n) is 7.33. The monoisotopic (exact) mass is 283 g/mol. The Kier molecular flexibility index (Phi) is 3.51. The molecule has 0 amide bonds. The summed E-state index contributed by atoms with van der Waals surface area (Å²) in [6.07, 6.45) is -0.632. The molecule has 0 aromatic heterocycles. The fourth-order valence-corrected chi connectivity index (χ4v) is 1.68. The van der Waals surface area contributed by atoms with E-state index in [2.05, 4.69) is 29.4 Å². The van der Waals surface area contributed by atoms with E-state index in [1.165, 1.54) is 0 Å². The zero-order valence-corrected chi connectivity index (χ0v) is 9.48. The normalized spacial score (nSPS) is 36.4. The van der Waals surface area contributed by atoms with Gasteiger partial charge in [0.15, 0.2) is 0 Å². The van der Waals surface area contributed by atoms with Crippen molar-refractivity contribution < 1.29 is 9.84 Å². The molecule has 3 atom stereocenters. The van der Waals surface area contributed by atoms with Gasteiger partial charge in [0, 0.05) is 29.4 Å². The van der Waals surface area contributed by atoms with Gasteiger partial charge in [0.1, 0.15) is 12.2 Å². The maximum absolute atomic E-state index is 9.62. The molecule has 0 aromatic carbocycles. The Bertz CT molecular complexity index is 184. The quantitative estimate of drug-likeness (QED) is 0.466. The van der Waals surface area contributed by atoms with Gasteiger partial charge < -0.3 is 9.84 Å². The van der Waals surface area contributed by atoms with E-state index in [-0.39, 0.29) is 12.2 Å². The lowest BCUT2D eigenvalue weighted by Gasteiger charge is -2.16. The zero-order chi connectivity index (χ0) is 9.30. The second-order valence-electron chi connectivity index (χ2n) is 3.12. The predicted octanol–water partition coefficient (Wildman–Crippen LogP) is 0.973. The van der Waals surface area contributed by atoms with Crippen molar-refractivity contribution in [2.45, 2.75) is 25.2 Å². The van der Waals surface area contributed by atoms with Crippen molar-refractivity contribution in [3.05, 3.63) is 12.2 Å². The van der Waals surface area contributed by atoms with E-state index in [1.807, 2.05) is 17.1 Å². The molecule has 0 bridgehead atoms. The minimum atomic E-state index is -0.503. The van der Waals surface area contributed by atoms with Crippen LogP contribution in [0.2, 0.25) is 0 Å². The second kappa shape index (κ2) is 4.04. The van der Waals surface area contributed by atoms with Crippen molar-refractivity contribution in [1.29, 1.82) is 0 Å². The fourth-order valence-electron chi connectivity index (χ4n) is 1.29. The lowest BCUT2D eigenvalue weighted by Crippen LogP contribution is -2.31. The van der Waals surface area contributed by atoms with Crippen LogP contribution < -0.4 is 0 Å². The molecule has 12 heavy (non-hydrogen) atoms. The van der Waals surface area contributed by atoms with Crippen molar-refractivity contribution >= 4 is 22.9 Å². The molecule has 0 aromatic rings. The van der Waals surface area contributed by atoms with Crippen LogP contribution in [-0.4, -0.2) is 40.1 Å². The molecule has 0 spiro atoms. The lowest BCUT2D eigenvalue weighted by molar-refractivity contribution is 0.0115. The lowest BCUT2D eigenvalue weighted by atomic mass is 10.1. The molecule has 1 fully saturated rings. The number of halogens is 1. The van der Waals surface area contributed by atoms with E-state index >= 15 is 0 Å². The van der Waals surface area contributed by atoms with Crippen molar-refractivity contribution in [3.63, 3.8) is 0 Å². The van der Waals surface area contributed by atoms with Crippen molar-refractivity contribution in [2.24, 2.45) is 0 Å². The van der Waals surface area contributed by atoms with Gasteiger partial charge in [-0.1, -0.05) is 6.58 Å². The number of aliphatic hydroxyl groups excluding tert-OH is 1. The van der Waals surface area contributed by atoms with Gasteiger partial charge in [0.05, 0.1) is 6.10 Å². The Morgan fingerprint density at radius 3 is 2.67 bits per heavy atom. The molecule has 0 saturated carbocycles. The molecule has 1 N–H and O–H groups in total. The summed E-state index contributed by atoms with van der Waals surface area (Å²) in [6.45, 7) is 6.42.